The molecular weight excluding hydrogens is 348 g/mol. The normalized spacial score (nSPS) is 15.5. The molecule has 142 valence electrons. The summed E-state index contributed by atoms with van der Waals surface area (Å²) in [6, 6.07) is 21.9. The van der Waals surface area contributed by atoms with E-state index in [-0.39, 0.29) is 11.8 Å². The Kier molecular flexibility index (Phi) is 5.66. The summed E-state index contributed by atoms with van der Waals surface area (Å²) in [5.74, 6) is 0.834. The van der Waals surface area contributed by atoms with E-state index in [1.165, 1.54) is 11.1 Å². The minimum Gasteiger partial charge on any atom is -0.487 e. The van der Waals surface area contributed by atoms with E-state index in [9.17, 15) is 4.79 Å². The molecular formula is C24H24N2O2. The number of amides is 1. The molecule has 3 aromatic rings. The Morgan fingerprint density at radius 1 is 1.07 bits per heavy atom. The SMILES string of the molecule is O=C(NCc1cccc(OCc2ccccn2)c1)C1CCCc2ccccc21. The zero-order valence-corrected chi connectivity index (χ0v) is 15.8. The summed E-state index contributed by atoms with van der Waals surface area (Å²) in [6.45, 7) is 0.924. The van der Waals surface area contributed by atoms with Gasteiger partial charge in [0.15, 0.2) is 0 Å². The van der Waals surface area contributed by atoms with Gasteiger partial charge in [-0.1, -0.05) is 42.5 Å². The molecule has 1 aliphatic rings. The number of carbonyl (C=O) groups is 1. The highest BCUT2D eigenvalue weighted by Gasteiger charge is 2.25. The Morgan fingerprint density at radius 2 is 1.96 bits per heavy atom. The van der Waals surface area contributed by atoms with Gasteiger partial charge in [0.25, 0.3) is 0 Å². The summed E-state index contributed by atoms with van der Waals surface area (Å²) in [5, 5.41) is 3.10. The number of rotatable bonds is 6. The molecule has 0 saturated carbocycles. The van der Waals surface area contributed by atoms with Crippen LogP contribution in [0.3, 0.4) is 0 Å². The molecule has 4 heteroatoms. The van der Waals surface area contributed by atoms with Crippen LogP contribution in [0.25, 0.3) is 0 Å². The molecule has 0 bridgehead atoms. The summed E-state index contributed by atoms with van der Waals surface area (Å²) < 4.78 is 5.83. The Morgan fingerprint density at radius 3 is 2.86 bits per heavy atom. The first-order valence-corrected chi connectivity index (χ1v) is 9.77. The first-order valence-electron chi connectivity index (χ1n) is 9.77. The van der Waals surface area contributed by atoms with Gasteiger partial charge in [-0.3, -0.25) is 9.78 Å². The smallest absolute Gasteiger partial charge is 0.227 e. The lowest BCUT2D eigenvalue weighted by Gasteiger charge is -2.24. The van der Waals surface area contributed by atoms with Crippen LogP contribution in [0.2, 0.25) is 0 Å². The lowest BCUT2D eigenvalue weighted by Crippen LogP contribution is -2.31. The van der Waals surface area contributed by atoms with E-state index in [0.717, 1.165) is 36.3 Å². The number of hydrogen-bond acceptors (Lipinski definition) is 3. The van der Waals surface area contributed by atoms with Crippen LogP contribution in [0.1, 0.15) is 41.1 Å². The number of carbonyl (C=O) groups excluding carboxylic acids is 1. The van der Waals surface area contributed by atoms with Crippen LogP contribution < -0.4 is 10.1 Å². The van der Waals surface area contributed by atoms with Gasteiger partial charge in [-0.05, 0) is 60.2 Å². The van der Waals surface area contributed by atoms with Gasteiger partial charge in [-0.15, -0.1) is 0 Å². The van der Waals surface area contributed by atoms with Crippen molar-refractivity contribution in [1.29, 1.82) is 0 Å². The quantitative estimate of drug-likeness (QED) is 0.698. The Bertz CT molecular complexity index is 940. The number of aromatic nitrogens is 1. The van der Waals surface area contributed by atoms with Gasteiger partial charge in [-0.2, -0.15) is 0 Å². The second-order valence-corrected chi connectivity index (χ2v) is 7.12. The van der Waals surface area contributed by atoms with E-state index in [4.69, 9.17) is 4.74 Å². The lowest BCUT2D eigenvalue weighted by atomic mass is 9.82. The minimum absolute atomic E-state index is 0.0477. The number of hydrogen-bond donors (Lipinski definition) is 1. The molecule has 1 atom stereocenters. The fourth-order valence-electron chi connectivity index (χ4n) is 3.72. The third-order valence-electron chi connectivity index (χ3n) is 5.16. The molecule has 1 aromatic heterocycles. The van der Waals surface area contributed by atoms with Crippen molar-refractivity contribution in [1.82, 2.24) is 10.3 Å². The van der Waals surface area contributed by atoms with Crippen molar-refractivity contribution >= 4 is 5.91 Å². The fourth-order valence-corrected chi connectivity index (χ4v) is 3.72. The molecule has 1 unspecified atom stereocenters. The topological polar surface area (TPSA) is 51.2 Å². The summed E-state index contributed by atoms with van der Waals surface area (Å²) in [5.41, 5.74) is 4.39. The number of nitrogens with one attached hydrogen (secondary N) is 1. The van der Waals surface area contributed by atoms with Crippen LogP contribution in [0.5, 0.6) is 5.75 Å². The molecule has 1 amide bonds. The van der Waals surface area contributed by atoms with Crippen molar-refractivity contribution in [3.63, 3.8) is 0 Å². The number of pyridine rings is 1. The first-order chi connectivity index (χ1) is 13.8. The highest BCUT2D eigenvalue weighted by molar-refractivity contribution is 5.84. The average molecular weight is 372 g/mol. The molecule has 1 N–H and O–H groups in total. The third kappa shape index (κ3) is 4.39. The van der Waals surface area contributed by atoms with Crippen LogP contribution in [0.4, 0.5) is 0 Å². The van der Waals surface area contributed by atoms with Crippen molar-refractivity contribution in [2.45, 2.75) is 38.3 Å². The lowest BCUT2D eigenvalue weighted by molar-refractivity contribution is -0.123. The van der Waals surface area contributed by atoms with Crippen LogP contribution in [0.15, 0.2) is 72.9 Å². The van der Waals surface area contributed by atoms with E-state index in [2.05, 4.69) is 28.5 Å². The molecule has 0 fully saturated rings. The monoisotopic (exact) mass is 372 g/mol. The predicted molar refractivity (Wildman–Crippen MR) is 109 cm³/mol. The molecule has 1 heterocycles. The highest BCUT2D eigenvalue weighted by Crippen LogP contribution is 2.31. The number of nitrogens with zero attached hydrogens (tertiary/aromatic N) is 1. The second-order valence-electron chi connectivity index (χ2n) is 7.12. The van der Waals surface area contributed by atoms with Crippen LogP contribution in [-0.4, -0.2) is 10.9 Å². The zero-order chi connectivity index (χ0) is 19.2. The van der Waals surface area contributed by atoms with Crippen molar-refractivity contribution in [2.75, 3.05) is 0 Å². The maximum atomic E-state index is 12.8. The number of fused-ring (bicyclic) bond motifs is 1. The average Bonchev–Trinajstić information content (AvgIpc) is 2.77. The molecule has 0 spiro atoms. The maximum Gasteiger partial charge on any atom is 0.227 e. The van der Waals surface area contributed by atoms with Crippen LogP contribution in [0, 0.1) is 0 Å². The van der Waals surface area contributed by atoms with Gasteiger partial charge in [-0.25, -0.2) is 0 Å². The largest absolute Gasteiger partial charge is 0.487 e. The minimum atomic E-state index is -0.0477. The molecule has 2 aromatic carbocycles. The van der Waals surface area contributed by atoms with Gasteiger partial charge < -0.3 is 10.1 Å². The van der Waals surface area contributed by atoms with E-state index in [0.29, 0.717) is 13.2 Å². The summed E-state index contributed by atoms with van der Waals surface area (Å²) in [7, 11) is 0. The van der Waals surface area contributed by atoms with Crippen molar-refractivity contribution in [3.8, 4) is 5.75 Å². The van der Waals surface area contributed by atoms with Gasteiger partial charge >= 0.3 is 0 Å². The van der Waals surface area contributed by atoms with Crippen LogP contribution >= 0.6 is 0 Å². The van der Waals surface area contributed by atoms with Crippen LogP contribution in [-0.2, 0) is 24.4 Å². The van der Waals surface area contributed by atoms with Crippen molar-refractivity contribution in [3.05, 3.63) is 95.3 Å². The predicted octanol–water partition coefficient (Wildman–Crippen LogP) is 4.40. The van der Waals surface area contributed by atoms with Crippen molar-refractivity contribution < 1.29 is 9.53 Å². The second kappa shape index (κ2) is 8.70. The molecule has 4 nitrogen and oxygen atoms in total. The maximum absolute atomic E-state index is 12.8. The molecule has 28 heavy (non-hydrogen) atoms. The molecule has 1 aliphatic carbocycles. The van der Waals surface area contributed by atoms with Gasteiger partial charge in [0.1, 0.15) is 12.4 Å². The van der Waals surface area contributed by atoms with E-state index in [1.807, 2.05) is 48.5 Å². The molecule has 0 aliphatic heterocycles. The first kappa shape index (κ1) is 18.2. The molecule has 4 rings (SSSR count). The highest BCUT2D eigenvalue weighted by atomic mass is 16.5. The molecule has 0 saturated heterocycles. The van der Waals surface area contributed by atoms with Gasteiger partial charge in [0, 0.05) is 12.7 Å². The number of ether oxygens (including phenoxy) is 1. The summed E-state index contributed by atoms with van der Waals surface area (Å²) in [4.78, 5) is 17.0. The standard InChI is InChI=1S/C24H24N2O2/c27-24(23-13-6-9-19-8-1-2-12-22(19)23)26-16-18-7-5-11-21(15-18)28-17-20-10-3-4-14-25-20/h1-5,7-8,10-12,14-15,23H,6,9,13,16-17H2,(H,26,27). The van der Waals surface area contributed by atoms with E-state index >= 15 is 0 Å². The third-order valence-corrected chi connectivity index (χ3v) is 5.16. The van der Waals surface area contributed by atoms with E-state index in [1.54, 1.807) is 6.20 Å². The van der Waals surface area contributed by atoms with Gasteiger partial charge in [0.05, 0.1) is 11.6 Å². The number of benzene rings is 2. The fraction of sp³-hybridized carbons (Fsp3) is 0.250. The number of aryl methyl sites for hydroxylation is 1. The summed E-state index contributed by atoms with van der Waals surface area (Å²) >= 11 is 0. The Labute approximate surface area is 165 Å². The molecule has 0 radical (unpaired) electrons. The summed E-state index contributed by atoms with van der Waals surface area (Å²) in [6.07, 6.45) is 4.80. The van der Waals surface area contributed by atoms with Gasteiger partial charge in [0.2, 0.25) is 5.91 Å². The Hall–Kier alpha value is -3.14. The van der Waals surface area contributed by atoms with Crippen molar-refractivity contribution in [2.24, 2.45) is 0 Å². The zero-order valence-electron chi connectivity index (χ0n) is 15.8. The van der Waals surface area contributed by atoms with E-state index < -0.39 is 0 Å². The Balaban J connectivity index is 1.36.